The van der Waals surface area contributed by atoms with E-state index in [1.165, 1.54) is 11.8 Å². The van der Waals surface area contributed by atoms with E-state index in [0.29, 0.717) is 25.7 Å². The van der Waals surface area contributed by atoms with Gasteiger partial charge < -0.3 is 14.6 Å². The minimum absolute atomic E-state index is 0.0218. The number of esters is 2. The number of hydrogen-bond donors (Lipinski definition) is 2. The zero-order valence-corrected chi connectivity index (χ0v) is 31.5. The van der Waals surface area contributed by atoms with Gasteiger partial charge in [-0.05, 0) is 88.2 Å². The Morgan fingerprint density at radius 2 is 1.82 bits per heavy atom. The summed E-state index contributed by atoms with van der Waals surface area (Å²) in [4.78, 5) is 40.4. The molecule has 49 heavy (non-hydrogen) atoms. The molecule has 0 saturated heterocycles. The second-order valence-electron chi connectivity index (χ2n) is 15.7. The summed E-state index contributed by atoms with van der Waals surface area (Å²) in [6, 6.07) is 5.99. The molecular weight excluding hydrogens is 663 g/mol. The van der Waals surface area contributed by atoms with E-state index in [9.17, 15) is 27.9 Å². The van der Waals surface area contributed by atoms with Crippen LogP contribution in [0.2, 0.25) is 0 Å². The van der Waals surface area contributed by atoms with Crippen LogP contribution in [0.15, 0.2) is 41.8 Å². The van der Waals surface area contributed by atoms with Gasteiger partial charge in [0.2, 0.25) is 10.0 Å². The number of aryl methyl sites for hydroxylation is 1. The average molecular weight is 718 g/mol. The first-order valence-corrected chi connectivity index (χ1v) is 20.5. The molecule has 2 bridgehead atoms. The maximum absolute atomic E-state index is 13.9. The van der Waals surface area contributed by atoms with Crippen LogP contribution in [0.4, 0.5) is 0 Å². The largest absolute Gasteiger partial charge is 0.466 e. The number of ketones is 1. The molecule has 4 aliphatic carbocycles. The predicted octanol–water partition coefficient (Wildman–Crippen LogP) is 6.01. The van der Waals surface area contributed by atoms with Crippen LogP contribution < -0.4 is 4.72 Å². The Hall–Kier alpha value is -2.21. The van der Waals surface area contributed by atoms with Crippen molar-refractivity contribution in [2.45, 2.75) is 121 Å². The lowest BCUT2D eigenvalue weighted by atomic mass is 9.44. The third kappa shape index (κ3) is 7.03. The van der Waals surface area contributed by atoms with Crippen LogP contribution in [0.5, 0.6) is 0 Å². The van der Waals surface area contributed by atoms with Crippen molar-refractivity contribution in [3.8, 4) is 0 Å². The molecule has 1 aromatic rings. The molecule has 9 nitrogen and oxygen atoms in total. The summed E-state index contributed by atoms with van der Waals surface area (Å²) in [6.45, 7) is 16.3. The third-order valence-electron chi connectivity index (χ3n) is 13.0. The van der Waals surface area contributed by atoms with Crippen LogP contribution in [0.1, 0.15) is 91.5 Å². The maximum atomic E-state index is 13.9. The quantitative estimate of drug-likeness (QED) is 0.220. The van der Waals surface area contributed by atoms with E-state index >= 15 is 0 Å². The highest BCUT2D eigenvalue weighted by molar-refractivity contribution is 8.00. The van der Waals surface area contributed by atoms with Crippen LogP contribution in [0.25, 0.3) is 0 Å². The lowest BCUT2D eigenvalue weighted by Crippen LogP contribution is -2.63. The maximum Gasteiger partial charge on any atom is 0.316 e. The van der Waals surface area contributed by atoms with Gasteiger partial charge in [0, 0.05) is 34.5 Å². The van der Waals surface area contributed by atoms with Crippen LogP contribution >= 0.6 is 11.8 Å². The molecule has 2 N–H and O–H groups in total. The highest BCUT2D eigenvalue weighted by atomic mass is 32.2. The Labute approximate surface area is 296 Å². The number of aliphatic hydroxyl groups excluding tert-OH is 1. The Bertz CT molecular complexity index is 1530. The summed E-state index contributed by atoms with van der Waals surface area (Å²) in [5, 5.41) is 11.5. The number of ether oxygens (including phenoxy) is 2. The van der Waals surface area contributed by atoms with Gasteiger partial charge >= 0.3 is 11.9 Å². The third-order valence-corrected chi connectivity index (χ3v) is 15.9. The fourth-order valence-electron chi connectivity index (χ4n) is 9.79. The lowest BCUT2D eigenvalue weighted by molar-refractivity contribution is -0.205. The number of hydrogen-bond acceptors (Lipinski definition) is 9. The Kier molecular flexibility index (Phi) is 11.2. The Balaban J connectivity index is 1.37. The molecule has 4 saturated carbocycles. The van der Waals surface area contributed by atoms with Crippen LogP contribution in [-0.2, 0) is 33.9 Å². The van der Waals surface area contributed by atoms with Crippen molar-refractivity contribution in [3.63, 3.8) is 0 Å². The van der Waals surface area contributed by atoms with Crippen molar-refractivity contribution >= 4 is 39.5 Å². The monoisotopic (exact) mass is 717 g/mol. The first kappa shape index (κ1) is 38.0. The number of Topliss-reactive ketones (excluding diaryl/α,β-unsaturated/α-hetero) is 1. The van der Waals surface area contributed by atoms with Gasteiger partial charge in [0.15, 0.2) is 0 Å². The molecule has 0 unspecified atom stereocenters. The molecule has 1 aromatic carbocycles. The van der Waals surface area contributed by atoms with E-state index in [4.69, 9.17) is 9.47 Å². The molecule has 0 spiro atoms. The van der Waals surface area contributed by atoms with Gasteiger partial charge in [0.1, 0.15) is 11.9 Å². The molecule has 4 aliphatic rings. The number of carbonyl (C=O) groups excluding carboxylic acids is 3. The minimum atomic E-state index is -3.90. The van der Waals surface area contributed by atoms with Gasteiger partial charge in [-0.2, -0.15) is 0 Å². The van der Waals surface area contributed by atoms with E-state index < -0.39 is 51.0 Å². The summed E-state index contributed by atoms with van der Waals surface area (Å²) in [6.07, 6.45) is 5.00. The summed E-state index contributed by atoms with van der Waals surface area (Å²) in [5.41, 5.74) is -0.771. The van der Waals surface area contributed by atoms with Gasteiger partial charge in [-0.3, -0.25) is 14.4 Å². The average Bonchev–Trinajstić information content (AvgIpc) is 3.42. The molecule has 11 heteroatoms. The number of sulfonamides is 1. The standard InChI is InChI=1S/C38H55NO8S2/c1-8-36(6)21-31(37(7)24(4)16-18-38(25(5)34(36)42)19-17-29(40)33(37)38)47-32(41)22-48-30-15-12-26(35(43)46-9-2)20-28(30)39-49(44,45)27-13-10-23(3)11-14-27/h8,10-11,13-14,24-26,28,30-31,33-34,39,42H,1,9,12,15-22H2,2-7H3/t24-,25+,26+,28-,30-,31-,33+,34+,36-,37+,38+/m1/s1. The number of thioether (sulfide) groups is 1. The first-order chi connectivity index (χ1) is 23.0. The second-order valence-corrected chi connectivity index (χ2v) is 18.7. The normalized spacial score (nSPS) is 39.3. The zero-order chi connectivity index (χ0) is 35.9. The summed E-state index contributed by atoms with van der Waals surface area (Å²) >= 11 is 1.34. The fraction of sp³-hybridized carbons (Fsp3) is 0.711. The van der Waals surface area contributed by atoms with Crippen molar-refractivity contribution in [2.24, 2.45) is 39.9 Å². The minimum Gasteiger partial charge on any atom is -0.466 e. The molecule has 0 heterocycles. The molecule has 0 amide bonds. The second kappa shape index (κ2) is 14.4. The molecule has 0 aliphatic heterocycles. The van der Waals surface area contributed by atoms with Gasteiger partial charge in [0.05, 0.1) is 29.3 Å². The van der Waals surface area contributed by atoms with Crippen molar-refractivity contribution in [2.75, 3.05) is 12.4 Å². The molecule has 272 valence electrons. The van der Waals surface area contributed by atoms with Gasteiger partial charge in [0.25, 0.3) is 0 Å². The first-order valence-electron chi connectivity index (χ1n) is 17.9. The Morgan fingerprint density at radius 1 is 1.12 bits per heavy atom. The van der Waals surface area contributed by atoms with E-state index in [0.717, 1.165) is 24.8 Å². The highest BCUT2D eigenvalue weighted by Crippen LogP contribution is 2.68. The number of benzene rings is 1. The van der Waals surface area contributed by atoms with Crippen molar-refractivity contribution in [3.05, 3.63) is 42.5 Å². The smallest absolute Gasteiger partial charge is 0.316 e. The van der Waals surface area contributed by atoms with E-state index in [1.54, 1.807) is 37.3 Å². The number of rotatable bonds is 10. The molecule has 0 aromatic heterocycles. The van der Waals surface area contributed by atoms with Crippen molar-refractivity contribution in [1.29, 1.82) is 0 Å². The van der Waals surface area contributed by atoms with Crippen LogP contribution in [0, 0.1) is 46.8 Å². The van der Waals surface area contributed by atoms with E-state index in [-0.39, 0.29) is 63.8 Å². The molecule has 11 atom stereocenters. The summed E-state index contributed by atoms with van der Waals surface area (Å²) in [5.74, 6) is -1.36. The number of nitrogens with one attached hydrogen (secondary N) is 1. The lowest BCUT2D eigenvalue weighted by Gasteiger charge is -2.61. The van der Waals surface area contributed by atoms with Gasteiger partial charge in [-0.15, -0.1) is 18.3 Å². The van der Waals surface area contributed by atoms with Crippen molar-refractivity contribution < 1.29 is 37.4 Å². The Morgan fingerprint density at radius 3 is 2.47 bits per heavy atom. The predicted molar refractivity (Wildman–Crippen MR) is 190 cm³/mol. The molecular formula is C38H55NO8S2. The van der Waals surface area contributed by atoms with Crippen molar-refractivity contribution in [1.82, 2.24) is 4.72 Å². The summed E-state index contributed by atoms with van der Waals surface area (Å²) < 4.78 is 41.5. The van der Waals surface area contributed by atoms with Gasteiger partial charge in [-0.1, -0.05) is 51.5 Å². The van der Waals surface area contributed by atoms with Gasteiger partial charge in [-0.25, -0.2) is 13.1 Å². The van der Waals surface area contributed by atoms with E-state index in [1.807, 2.05) is 13.8 Å². The van der Waals surface area contributed by atoms with Crippen LogP contribution in [-0.4, -0.2) is 67.1 Å². The zero-order valence-electron chi connectivity index (χ0n) is 29.9. The SMILES string of the molecule is C=C[C@]1(C)C[C@@H](OC(=O)CS[C@@H]2CC[C@H](C(=O)OCC)C[C@H]2NS(=O)(=O)c2ccc(C)cc2)[C@]2(C)[C@H](C)CC[C@]3(CCC(=O)[C@H]32)[C@@H](C)[C@@H]1O. The topological polar surface area (TPSA) is 136 Å². The van der Waals surface area contributed by atoms with E-state index in [2.05, 4.69) is 32.1 Å². The number of aliphatic hydroxyl groups is 1. The molecule has 5 rings (SSSR count). The molecule has 4 fully saturated rings. The highest BCUT2D eigenvalue weighted by Gasteiger charge is 2.68. The number of carbonyl (C=O) groups is 3. The fourth-order valence-corrected chi connectivity index (χ4v) is 12.3. The van der Waals surface area contributed by atoms with Crippen LogP contribution in [0.3, 0.4) is 0 Å². The summed E-state index contributed by atoms with van der Waals surface area (Å²) in [7, 11) is -3.90. The molecule has 0 radical (unpaired) electrons.